The lowest BCUT2D eigenvalue weighted by molar-refractivity contribution is -0.0793. The average molecular weight is 252 g/mol. The molecular weight excluding hydrogens is 224 g/mol. The Morgan fingerprint density at radius 2 is 2.17 bits per heavy atom. The first-order valence-corrected chi connectivity index (χ1v) is 7.84. The lowest BCUT2D eigenvalue weighted by atomic mass is 9.89. The van der Waals surface area contributed by atoms with Crippen LogP contribution in [0.5, 0.6) is 0 Å². The molecular formula is C15H28N2O. The molecule has 0 aromatic carbocycles. The number of rotatable bonds is 3. The lowest BCUT2D eigenvalue weighted by Crippen LogP contribution is -2.50. The van der Waals surface area contributed by atoms with E-state index in [0.29, 0.717) is 6.04 Å². The van der Waals surface area contributed by atoms with Gasteiger partial charge in [-0.3, -0.25) is 4.90 Å². The minimum Gasteiger partial charge on any atom is -0.375 e. The zero-order chi connectivity index (χ0) is 12.6. The van der Waals surface area contributed by atoms with Gasteiger partial charge in [0.2, 0.25) is 0 Å². The van der Waals surface area contributed by atoms with E-state index in [1.165, 1.54) is 45.2 Å². The third-order valence-corrected chi connectivity index (χ3v) is 5.40. The highest BCUT2D eigenvalue weighted by atomic mass is 16.5. The van der Waals surface area contributed by atoms with Crippen LogP contribution >= 0.6 is 0 Å². The van der Waals surface area contributed by atoms with Crippen LogP contribution in [0.3, 0.4) is 0 Å². The minimum absolute atomic E-state index is 0.115. The number of nitrogens with zero attached hydrogens (tertiary/aromatic N) is 1. The largest absolute Gasteiger partial charge is 0.375 e. The normalized spacial score (nSPS) is 45.3. The molecule has 4 atom stereocenters. The third-order valence-electron chi connectivity index (χ3n) is 5.40. The van der Waals surface area contributed by atoms with Gasteiger partial charge in [-0.25, -0.2) is 0 Å². The Balaban J connectivity index is 1.56. The van der Waals surface area contributed by atoms with Gasteiger partial charge in [0.05, 0.1) is 5.60 Å². The molecule has 0 aromatic heterocycles. The van der Waals surface area contributed by atoms with E-state index in [2.05, 4.69) is 24.1 Å². The van der Waals surface area contributed by atoms with Crippen LogP contribution in [0, 0.1) is 0 Å². The molecule has 0 radical (unpaired) electrons. The zero-order valence-electron chi connectivity index (χ0n) is 12.0. The molecule has 18 heavy (non-hydrogen) atoms. The fourth-order valence-electron chi connectivity index (χ4n) is 4.10. The van der Waals surface area contributed by atoms with Crippen molar-refractivity contribution < 1.29 is 4.74 Å². The van der Waals surface area contributed by atoms with Crippen LogP contribution in [-0.2, 0) is 4.74 Å². The van der Waals surface area contributed by atoms with Gasteiger partial charge in [0, 0.05) is 31.3 Å². The van der Waals surface area contributed by atoms with Gasteiger partial charge < -0.3 is 10.1 Å². The summed E-state index contributed by atoms with van der Waals surface area (Å²) in [5, 5.41) is 3.96. The van der Waals surface area contributed by atoms with Crippen molar-refractivity contribution in [2.45, 2.75) is 76.1 Å². The molecule has 0 spiro atoms. The van der Waals surface area contributed by atoms with Gasteiger partial charge >= 0.3 is 0 Å². The number of hydrogen-bond acceptors (Lipinski definition) is 3. The van der Waals surface area contributed by atoms with Gasteiger partial charge in [-0.05, 0) is 52.0 Å². The first kappa shape index (κ1) is 12.9. The van der Waals surface area contributed by atoms with E-state index in [0.717, 1.165) is 25.1 Å². The summed E-state index contributed by atoms with van der Waals surface area (Å²) in [6.45, 7) is 8.11. The maximum absolute atomic E-state index is 5.95. The Hall–Kier alpha value is -0.120. The summed E-state index contributed by atoms with van der Waals surface area (Å²) in [6.07, 6.45) is 7.68. The van der Waals surface area contributed by atoms with Crippen LogP contribution in [0.4, 0.5) is 0 Å². The summed E-state index contributed by atoms with van der Waals surface area (Å²) < 4.78 is 5.95. The monoisotopic (exact) mass is 252 g/mol. The Morgan fingerprint density at radius 3 is 3.00 bits per heavy atom. The van der Waals surface area contributed by atoms with Gasteiger partial charge in [-0.2, -0.15) is 0 Å². The molecule has 3 fully saturated rings. The fourth-order valence-corrected chi connectivity index (χ4v) is 4.10. The van der Waals surface area contributed by atoms with Crippen molar-refractivity contribution in [3.05, 3.63) is 0 Å². The fraction of sp³-hybridized carbons (Fsp3) is 1.00. The molecule has 3 rings (SSSR count). The molecule has 0 saturated carbocycles. The maximum Gasteiger partial charge on any atom is 0.0666 e. The summed E-state index contributed by atoms with van der Waals surface area (Å²) in [7, 11) is 0. The van der Waals surface area contributed by atoms with E-state index in [9.17, 15) is 0 Å². The van der Waals surface area contributed by atoms with E-state index < -0.39 is 0 Å². The lowest BCUT2D eigenvalue weighted by Gasteiger charge is -2.39. The van der Waals surface area contributed by atoms with Gasteiger partial charge in [0.25, 0.3) is 0 Å². The van der Waals surface area contributed by atoms with Crippen LogP contribution in [-0.4, -0.2) is 48.3 Å². The first-order valence-electron chi connectivity index (χ1n) is 7.84. The van der Waals surface area contributed by atoms with Crippen LogP contribution in [0.25, 0.3) is 0 Å². The molecule has 0 bridgehead atoms. The number of hydrogen-bond donors (Lipinski definition) is 1. The summed E-state index contributed by atoms with van der Waals surface area (Å²) in [6, 6.07) is 2.26. The Labute approximate surface area is 111 Å². The molecule has 3 heterocycles. The van der Waals surface area contributed by atoms with Crippen molar-refractivity contribution in [3.63, 3.8) is 0 Å². The summed E-state index contributed by atoms with van der Waals surface area (Å²) >= 11 is 0. The highest BCUT2D eigenvalue weighted by Gasteiger charge is 2.39. The Bertz CT molecular complexity index is 296. The maximum atomic E-state index is 5.95. The third kappa shape index (κ3) is 2.45. The van der Waals surface area contributed by atoms with Gasteiger partial charge in [-0.1, -0.05) is 6.92 Å². The smallest absolute Gasteiger partial charge is 0.0666 e. The molecule has 3 aliphatic rings. The molecule has 0 amide bonds. The van der Waals surface area contributed by atoms with Crippen molar-refractivity contribution in [2.75, 3.05) is 19.7 Å². The van der Waals surface area contributed by atoms with Crippen LogP contribution < -0.4 is 5.32 Å². The Kier molecular flexibility index (Phi) is 3.65. The Morgan fingerprint density at radius 1 is 1.28 bits per heavy atom. The molecule has 104 valence electrons. The highest BCUT2D eigenvalue weighted by Crippen LogP contribution is 2.31. The van der Waals surface area contributed by atoms with Crippen molar-refractivity contribution >= 4 is 0 Å². The number of ether oxygens (including phenoxy) is 1. The van der Waals surface area contributed by atoms with Crippen molar-refractivity contribution in [2.24, 2.45) is 0 Å². The van der Waals surface area contributed by atoms with Crippen molar-refractivity contribution in [1.29, 1.82) is 0 Å². The van der Waals surface area contributed by atoms with Gasteiger partial charge in [0.1, 0.15) is 0 Å². The summed E-state index contributed by atoms with van der Waals surface area (Å²) in [5.41, 5.74) is 0.115. The van der Waals surface area contributed by atoms with Gasteiger partial charge in [0.15, 0.2) is 0 Å². The van der Waals surface area contributed by atoms with Crippen LogP contribution in [0.15, 0.2) is 0 Å². The second-order valence-corrected chi connectivity index (χ2v) is 6.65. The van der Waals surface area contributed by atoms with Crippen LogP contribution in [0.1, 0.15) is 52.4 Å². The molecule has 0 aromatic rings. The van der Waals surface area contributed by atoms with E-state index >= 15 is 0 Å². The molecule has 3 saturated heterocycles. The highest BCUT2D eigenvalue weighted by molar-refractivity contribution is 4.98. The van der Waals surface area contributed by atoms with Crippen LogP contribution in [0.2, 0.25) is 0 Å². The molecule has 3 aliphatic heterocycles. The molecule has 1 N–H and O–H groups in total. The van der Waals surface area contributed by atoms with Gasteiger partial charge in [-0.15, -0.1) is 0 Å². The topological polar surface area (TPSA) is 24.5 Å². The SMILES string of the molecule is CCC1(C)CC(NC2CCN3CCCC23)CCO1. The van der Waals surface area contributed by atoms with Crippen molar-refractivity contribution in [1.82, 2.24) is 10.2 Å². The van der Waals surface area contributed by atoms with E-state index in [-0.39, 0.29) is 5.60 Å². The predicted molar refractivity (Wildman–Crippen MR) is 73.8 cm³/mol. The van der Waals surface area contributed by atoms with E-state index in [1.807, 2.05) is 0 Å². The average Bonchev–Trinajstić information content (AvgIpc) is 2.94. The summed E-state index contributed by atoms with van der Waals surface area (Å²) in [5.74, 6) is 0. The number of nitrogens with one attached hydrogen (secondary N) is 1. The molecule has 4 unspecified atom stereocenters. The van der Waals surface area contributed by atoms with E-state index in [4.69, 9.17) is 4.74 Å². The second kappa shape index (κ2) is 5.10. The number of fused-ring (bicyclic) bond motifs is 1. The zero-order valence-corrected chi connectivity index (χ0v) is 12.0. The standard InChI is InChI=1S/C15H28N2O/c1-3-15(2)11-12(7-10-18-15)16-13-6-9-17-8-4-5-14(13)17/h12-14,16H,3-11H2,1-2H3. The second-order valence-electron chi connectivity index (χ2n) is 6.65. The van der Waals surface area contributed by atoms with E-state index in [1.54, 1.807) is 0 Å². The van der Waals surface area contributed by atoms with Crippen molar-refractivity contribution in [3.8, 4) is 0 Å². The molecule has 3 heteroatoms. The summed E-state index contributed by atoms with van der Waals surface area (Å²) in [4.78, 5) is 2.69. The predicted octanol–water partition coefficient (Wildman–Crippen LogP) is 2.16. The minimum atomic E-state index is 0.115. The molecule has 3 nitrogen and oxygen atoms in total. The molecule has 0 aliphatic carbocycles. The first-order chi connectivity index (χ1) is 8.70. The quantitative estimate of drug-likeness (QED) is 0.833.